The monoisotopic (exact) mass is 218 g/mol. The Morgan fingerprint density at radius 2 is 2.20 bits per heavy atom. The molecule has 0 unspecified atom stereocenters. The van der Waals surface area contributed by atoms with Gasteiger partial charge in [0, 0.05) is 10.4 Å². The van der Waals surface area contributed by atoms with Gasteiger partial charge in [-0.25, -0.2) is 0 Å². The maximum Gasteiger partial charge on any atom is 0.128 e. The summed E-state index contributed by atoms with van der Waals surface area (Å²) < 4.78 is 5.24. The van der Waals surface area contributed by atoms with Gasteiger partial charge in [-0.1, -0.05) is 0 Å². The van der Waals surface area contributed by atoms with Crippen molar-refractivity contribution in [2.24, 2.45) is 0 Å². The van der Waals surface area contributed by atoms with Crippen molar-refractivity contribution in [2.75, 3.05) is 5.73 Å². The Morgan fingerprint density at radius 1 is 1.47 bits per heavy atom. The molecule has 0 spiro atoms. The maximum absolute atomic E-state index is 8.88. The van der Waals surface area contributed by atoms with Crippen LogP contribution in [0.15, 0.2) is 16.7 Å². The second kappa shape index (κ2) is 3.44. The maximum atomic E-state index is 8.88. The summed E-state index contributed by atoms with van der Waals surface area (Å²) in [6.07, 6.45) is 1.64. The summed E-state index contributed by atoms with van der Waals surface area (Å²) in [7, 11) is 0. The van der Waals surface area contributed by atoms with E-state index in [1.807, 2.05) is 19.9 Å². The Balaban J connectivity index is 2.66. The Bertz CT molecular complexity index is 545. The van der Waals surface area contributed by atoms with E-state index in [-0.39, 0.29) is 0 Å². The Hall–Kier alpha value is -1.73. The quantitative estimate of drug-likeness (QED) is 0.800. The molecule has 0 aromatic carbocycles. The van der Waals surface area contributed by atoms with Gasteiger partial charge in [0.2, 0.25) is 0 Å². The highest BCUT2D eigenvalue weighted by Gasteiger charge is 2.16. The standard InChI is InChI=1S/C11H10N2OS/c1-6-10(13)9(5-12)15-11(6)8-3-4-14-7(8)2/h3-4H,13H2,1-2H3. The van der Waals surface area contributed by atoms with Crippen LogP contribution in [0, 0.1) is 25.2 Å². The van der Waals surface area contributed by atoms with E-state index in [1.54, 1.807) is 6.26 Å². The molecule has 0 bridgehead atoms. The summed E-state index contributed by atoms with van der Waals surface area (Å²) in [5.41, 5.74) is 8.39. The highest BCUT2D eigenvalue weighted by Crippen LogP contribution is 2.39. The number of thiophene rings is 1. The van der Waals surface area contributed by atoms with Crippen LogP contribution in [-0.2, 0) is 0 Å². The first-order valence-electron chi connectivity index (χ1n) is 4.48. The number of nitrogens with zero attached hydrogens (tertiary/aromatic N) is 1. The van der Waals surface area contributed by atoms with Gasteiger partial charge in [-0.15, -0.1) is 11.3 Å². The largest absolute Gasteiger partial charge is 0.469 e. The molecule has 0 aliphatic carbocycles. The molecule has 0 atom stereocenters. The predicted molar refractivity (Wildman–Crippen MR) is 60.6 cm³/mol. The third-order valence-corrected chi connectivity index (χ3v) is 3.64. The number of nitrogens with two attached hydrogens (primary N) is 1. The fourth-order valence-corrected chi connectivity index (χ4v) is 2.58. The average molecular weight is 218 g/mol. The minimum atomic E-state index is 0.572. The number of hydrogen-bond donors (Lipinski definition) is 1. The van der Waals surface area contributed by atoms with Crippen LogP contribution in [0.2, 0.25) is 0 Å². The lowest BCUT2D eigenvalue weighted by atomic mass is 10.1. The van der Waals surface area contributed by atoms with E-state index in [9.17, 15) is 0 Å². The summed E-state index contributed by atoms with van der Waals surface area (Å²) in [4.78, 5) is 1.60. The molecular formula is C11H10N2OS. The third-order valence-electron chi connectivity index (χ3n) is 2.40. The molecule has 2 aromatic rings. The molecule has 2 rings (SSSR count). The van der Waals surface area contributed by atoms with Crippen LogP contribution in [0.4, 0.5) is 5.69 Å². The zero-order chi connectivity index (χ0) is 11.0. The summed E-state index contributed by atoms with van der Waals surface area (Å²) in [5.74, 6) is 0.851. The van der Waals surface area contributed by atoms with Crippen molar-refractivity contribution in [1.82, 2.24) is 0 Å². The SMILES string of the molecule is Cc1occc1-c1sc(C#N)c(N)c1C. The van der Waals surface area contributed by atoms with E-state index in [0.29, 0.717) is 10.6 Å². The molecule has 0 aliphatic heterocycles. The van der Waals surface area contributed by atoms with Crippen molar-refractivity contribution in [1.29, 1.82) is 5.26 Å². The molecule has 0 radical (unpaired) electrons. The van der Waals surface area contributed by atoms with Gasteiger partial charge in [0.1, 0.15) is 16.7 Å². The Kier molecular flexibility index (Phi) is 2.25. The van der Waals surface area contributed by atoms with Crippen LogP contribution in [0.3, 0.4) is 0 Å². The van der Waals surface area contributed by atoms with Gasteiger partial charge < -0.3 is 10.2 Å². The fourth-order valence-electron chi connectivity index (χ4n) is 1.49. The molecule has 0 amide bonds. The van der Waals surface area contributed by atoms with Crippen molar-refractivity contribution < 1.29 is 4.42 Å². The van der Waals surface area contributed by atoms with Gasteiger partial charge in [0.15, 0.2) is 0 Å². The third kappa shape index (κ3) is 1.41. The van der Waals surface area contributed by atoms with Crippen LogP contribution < -0.4 is 5.73 Å². The smallest absolute Gasteiger partial charge is 0.128 e. The first-order valence-corrected chi connectivity index (χ1v) is 5.30. The number of aryl methyl sites for hydroxylation is 1. The number of furan rings is 1. The molecule has 0 saturated carbocycles. The molecule has 0 aliphatic rings. The van der Waals surface area contributed by atoms with Gasteiger partial charge in [-0.05, 0) is 25.5 Å². The Labute approximate surface area is 91.8 Å². The van der Waals surface area contributed by atoms with Gasteiger partial charge in [0.25, 0.3) is 0 Å². The minimum Gasteiger partial charge on any atom is -0.469 e. The minimum absolute atomic E-state index is 0.572. The Morgan fingerprint density at radius 3 is 2.67 bits per heavy atom. The van der Waals surface area contributed by atoms with Crippen molar-refractivity contribution in [3.8, 4) is 16.5 Å². The van der Waals surface area contributed by atoms with Crippen molar-refractivity contribution in [3.63, 3.8) is 0 Å². The van der Waals surface area contributed by atoms with E-state index >= 15 is 0 Å². The molecule has 15 heavy (non-hydrogen) atoms. The number of nitrogen functional groups attached to an aromatic ring is 1. The molecular weight excluding hydrogens is 208 g/mol. The fraction of sp³-hybridized carbons (Fsp3) is 0.182. The van der Waals surface area contributed by atoms with Crippen LogP contribution in [0.25, 0.3) is 10.4 Å². The lowest BCUT2D eigenvalue weighted by molar-refractivity contribution is 0.535. The van der Waals surface area contributed by atoms with Crippen molar-refractivity contribution >= 4 is 17.0 Å². The van der Waals surface area contributed by atoms with Gasteiger partial charge in [0.05, 0.1) is 12.0 Å². The van der Waals surface area contributed by atoms with E-state index < -0.39 is 0 Å². The van der Waals surface area contributed by atoms with Crippen LogP contribution in [0.5, 0.6) is 0 Å². The highest BCUT2D eigenvalue weighted by atomic mass is 32.1. The topological polar surface area (TPSA) is 63.0 Å². The molecule has 2 heterocycles. The average Bonchev–Trinajstić information content (AvgIpc) is 2.74. The van der Waals surface area contributed by atoms with E-state index in [0.717, 1.165) is 21.8 Å². The number of nitriles is 1. The number of rotatable bonds is 1. The summed E-state index contributed by atoms with van der Waals surface area (Å²) in [6.45, 7) is 3.82. The van der Waals surface area contributed by atoms with Gasteiger partial charge in [-0.3, -0.25) is 0 Å². The van der Waals surface area contributed by atoms with E-state index in [4.69, 9.17) is 15.4 Å². The first kappa shape index (κ1) is 9.81. The summed E-state index contributed by atoms with van der Waals surface area (Å²) in [5, 5.41) is 8.88. The van der Waals surface area contributed by atoms with Crippen LogP contribution in [0.1, 0.15) is 16.2 Å². The zero-order valence-corrected chi connectivity index (χ0v) is 9.31. The second-order valence-corrected chi connectivity index (χ2v) is 4.32. The molecule has 4 heteroatoms. The second-order valence-electron chi connectivity index (χ2n) is 3.30. The number of hydrogen-bond acceptors (Lipinski definition) is 4. The summed E-state index contributed by atoms with van der Waals surface area (Å²) >= 11 is 1.41. The highest BCUT2D eigenvalue weighted by molar-refractivity contribution is 7.16. The molecule has 0 fully saturated rings. The lowest BCUT2D eigenvalue weighted by Crippen LogP contribution is -1.87. The molecule has 3 nitrogen and oxygen atoms in total. The molecule has 0 saturated heterocycles. The predicted octanol–water partition coefficient (Wildman–Crippen LogP) is 3.08. The lowest BCUT2D eigenvalue weighted by Gasteiger charge is -1.96. The zero-order valence-electron chi connectivity index (χ0n) is 8.50. The van der Waals surface area contributed by atoms with Crippen molar-refractivity contribution in [3.05, 3.63) is 28.5 Å². The van der Waals surface area contributed by atoms with E-state index in [2.05, 4.69) is 6.07 Å². The molecule has 76 valence electrons. The molecule has 2 aromatic heterocycles. The van der Waals surface area contributed by atoms with Crippen molar-refractivity contribution in [2.45, 2.75) is 13.8 Å². The first-order chi connectivity index (χ1) is 7.15. The molecule has 2 N–H and O–H groups in total. The van der Waals surface area contributed by atoms with Crippen LogP contribution >= 0.6 is 11.3 Å². The van der Waals surface area contributed by atoms with Gasteiger partial charge in [-0.2, -0.15) is 5.26 Å². The summed E-state index contributed by atoms with van der Waals surface area (Å²) in [6, 6.07) is 4.00. The van der Waals surface area contributed by atoms with Crippen LogP contribution in [-0.4, -0.2) is 0 Å². The van der Waals surface area contributed by atoms with Gasteiger partial charge >= 0.3 is 0 Å². The van der Waals surface area contributed by atoms with E-state index in [1.165, 1.54) is 11.3 Å². The number of anilines is 1. The normalized spacial score (nSPS) is 10.2.